The van der Waals surface area contributed by atoms with Gasteiger partial charge in [0.25, 0.3) is 0 Å². The van der Waals surface area contributed by atoms with Crippen LogP contribution in [0.3, 0.4) is 0 Å². The molecule has 0 saturated carbocycles. The number of thiol groups is 1. The Morgan fingerprint density at radius 1 is 1.21 bits per heavy atom. The minimum absolute atomic E-state index is 0. The van der Waals surface area contributed by atoms with Gasteiger partial charge in [-0.15, -0.1) is 0 Å². The number of rotatable bonds is 4. The zero-order chi connectivity index (χ0) is 9.52. The molecule has 72 valence electrons. The second-order valence-electron chi connectivity index (χ2n) is 2.28. The van der Waals surface area contributed by atoms with Crippen LogP contribution in [0.25, 0.3) is 0 Å². The van der Waals surface area contributed by atoms with Crippen LogP contribution in [0.5, 0.6) is 5.75 Å². The van der Waals surface area contributed by atoms with Gasteiger partial charge >= 0.3 is 29.6 Å². The standard InChI is InChI=1S/C9H10O2S2.Na.H/c12-9(13)11-7-6-10-8-4-2-1-3-5-8;;/h1-5H,6-7H2,(H,12,13);;. The molecule has 0 fully saturated rings. The Morgan fingerprint density at radius 3 is 2.43 bits per heavy atom. The van der Waals surface area contributed by atoms with Gasteiger partial charge in [-0.1, -0.05) is 30.8 Å². The van der Waals surface area contributed by atoms with Crippen molar-refractivity contribution in [3.8, 4) is 5.75 Å². The molecule has 0 atom stereocenters. The first kappa shape index (κ1) is 14.3. The number of thiocarbonyl (C=S) groups is 1. The van der Waals surface area contributed by atoms with Gasteiger partial charge in [-0.2, -0.15) is 0 Å². The fourth-order valence-corrected chi connectivity index (χ4v) is 0.980. The van der Waals surface area contributed by atoms with Crippen LogP contribution in [0, 0.1) is 0 Å². The van der Waals surface area contributed by atoms with E-state index in [1.165, 1.54) is 0 Å². The maximum absolute atomic E-state index is 5.34. The summed E-state index contributed by atoms with van der Waals surface area (Å²) in [5.41, 5.74) is 0. The number of hydrogen-bond donors (Lipinski definition) is 1. The molecule has 1 aromatic carbocycles. The van der Waals surface area contributed by atoms with Crippen LogP contribution in [-0.4, -0.2) is 47.2 Å². The molecule has 0 N–H and O–H groups in total. The predicted octanol–water partition coefficient (Wildman–Crippen LogP) is 1.65. The van der Waals surface area contributed by atoms with Crippen LogP contribution in [0.15, 0.2) is 30.3 Å². The normalized spacial score (nSPS) is 8.64. The van der Waals surface area contributed by atoms with Gasteiger partial charge in [0, 0.05) is 0 Å². The van der Waals surface area contributed by atoms with E-state index < -0.39 is 0 Å². The zero-order valence-corrected chi connectivity index (χ0v) is 8.68. The summed E-state index contributed by atoms with van der Waals surface area (Å²) in [6.07, 6.45) is 0. The van der Waals surface area contributed by atoms with Crippen molar-refractivity contribution in [3.63, 3.8) is 0 Å². The number of hydrogen-bond acceptors (Lipinski definition) is 3. The third kappa shape index (κ3) is 6.68. The molecule has 14 heavy (non-hydrogen) atoms. The molecule has 0 unspecified atom stereocenters. The summed E-state index contributed by atoms with van der Waals surface area (Å²) in [6, 6.07) is 9.54. The Morgan fingerprint density at radius 2 is 1.86 bits per heavy atom. The quantitative estimate of drug-likeness (QED) is 0.372. The van der Waals surface area contributed by atoms with Gasteiger partial charge in [0.15, 0.2) is 0 Å². The van der Waals surface area contributed by atoms with E-state index in [1.807, 2.05) is 30.3 Å². The van der Waals surface area contributed by atoms with E-state index in [2.05, 4.69) is 24.8 Å². The van der Waals surface area contributed by atoms with E-state index in [0.29, 0.717) is 13.2 Å². The molecule has 0 radical (unpaired) electrons. The first-order valence-corrected chi connectivity index (χ1v) is 4.68. The van der Waals surface area contributed by atoms with Crippen molar-refractivity contribution in [3.05, 3.63) is 30.3 Å². The average molecular weight is 238 g/mol. The Bertz CT molecular complexity index is 267. The molecule has 1 rings (SSSR count). The fourth-order valence-electron chi connectivity index (χ4n) is 0.805. The second-order valence-corrected chi connectivity index (χ2v) is 3.36. The monoisotopic (exact) mass is 238 g/mol. The van der Waals surface area contributed by atoms with Gasteiger partial charge in [0.2, 0.25) is 4.38 Å². The summed E-state index contributed by atoms with van der Waals surface area (Å²) in [6.45, 7) is 0.905. The first-order chi connectivity index (χ1) is 6.29. The zero-order valence-electron chi connectivity index (χ0n) is 6.97. The number of para-hydroxylation sites is 1. The van der Waals surface area contributed by atoms with Crippen LogP contribution < -0.4 is 4.74 Å². The summed E-state index contributed by atoms with van der Waals surface area (Å²) in [4.78, 5) is 0. The van der Waals surface area contributed by atoms with Crippen molar-refractivity contribution >= 4 is 58.8 Å². The summed E-state index contributed by atoms with van der Waals surface area (Å²) < 4.78 is 10.5. The summed E-state index contributed by atoms with van der Waals surface area (Å²) in [5.74, 6) is 0.830. The molecule has 1 aromatic rings. The van der Waals surface area contributed by atoms with Gasteiger partial charge in [0.1, 0.15) is 19.0 Å². The minimum atomic E-state index is 0. The molecule has 0 aliphatic rings. The van der Waals surface area contributed by atoms with E-state index in [-0.39, 0.29) is 33.9 Å². The number of ether oxygens (including phenoxy) is 2. The van der Waals surface area contributed by atoms with Crippen molar-refractivity contribution in [1.82, 2.24) is 0 Å². The molecule has 0 bridgehead atoms. The summed E-state index contributed by atoms with van der Waals surface area (Å²) in [7, 11) is 0. The topological polar surface area (TPSA) is 18.5 Å². The number of benzene rings is 1. The van der Waals surface area contributed by atoms with E-state index >= 15 is 0 Å². The van der Waals surface area contributed by atoms with E-state index in [9.17, 15) is 0 Å². The molecule has 0 spiro atoms. The van der Waals surface area contributed by atoms with Crippen molar-refractivity contribution in [2.75, 3.05) is 13.2 Å². The van der Waals surface area contributed by atoms with Crippen LogP contribution in [0.4, 0.5) is 0 Å². The Balaban J connectivity index is 0.00000169. The van der Waals surface area contributed by atoms with Gasteiger partial charge in [-0.3, -0.25) is 0 Å². The second kappa shape index (κ2) is 8.56. The van der Waals surface area contributed by atoms with Gasteiger partial charge < -0.3 is 9.47 Å². The Labute approximate surface area is 117 Å². The fraction of sp³-hybridized carbons (Fsp3) is 0.222. The molecule has 0 aliphatic carbocycles. The first-order valence-electron chi connectivity index (χ1n) is 3.82. The third-order valence-corrected chi connectivity index (χ3v) is 1.57. The van der Waals surface area contributed by atoms with E-state index in [0.717, 1.165) is 5.75 Å². The van der Waals surface area contributed by atoms with Crippen molar-refractivity contribution in [2.24, 2.45) is 0 Å². The summed E-state index contributed by atoms with van der Waals surface area (Å²) in [5, 5.41) is 0. The van der Waals surface area contributed by atoms with Crippen LogP contribution in [0.2, 0.25) is 0 Å². The Hall–Kier alpha value is 0.260. The molecule has 2 nitrogen and oxygen atoms in total. The van der Waals surface area contributed by atoms with Gasteiger partial charge in [-0.05, 0) is 24.4 Å². The molecule has 0 saturated heterocycles. The van der Waals surface area contributed by atoms with Crippen LogP contribution in [-0.2, 0) is 4.74 Å². The molecule has 0 heterocycles. The average Bonchev–Trinajstić information content (AvgIpc) is 2.14. The van der Waals surface area contributed by atoms with Gasteiger partial charge in [0.05, 0.1) is 0 Å². The maximum atomic E-state index is 5.34. The predicted molar refractivity (Wildman–Crippen MR) is 66.6 cm³/mol. The van der Waals surface area contributed by atoms with E-state index in [1.54, 1.807) is 0 Å². The molecule has 0 aromatic heterocycles. The summed E-state index contributed by atoms with van der Waals surface area (Å²) >= 11 is 8.42. The molecule has 0 aliphatic heterocycles. The van der Waals surface area contributed by atoms with Gasteiger partial charge in [-0.25, -0.2) is 0 Å². The van der Waals surface area contributed by atoms with Crippen molar-refractivity contribution in [2.45, 2.75) is 0 Å². The van der Waals surface area contributed by atoms with Crippen molar-refractivity contribution < 1.29 is 9.47 Å². The molecular formula is C9H11NaO2S2. The van der Waals surface area contributed by atoms with Crippen LogP contribution in [0.1, 0.15) is 0 Å². The Kier molecular flexibility index (Phi) is 8.72. The van der Waals surface area contributed by atoms with E-state index in [4.69, 9.17) is 9.47 Å². The van der Waals surface area contributed by atoms with Crippen molar-refractivity contribution in [1.29, 1.82) is 0 Å². The molecule has 5 heteroatoms. The molecular weight excluding hydrogens is 227 g/mol. The molecule has 0 amide bonds. The van der Waals surface area contributed by atoms with Crippen LogP contribution >= 0.6 is 24.8 Å². The third-order valence-electron chi connectivity index (χ3n) is 1.32. The SMILES string of the molecule is S=C(S)OCCOc1ccccc1.[NaH].